The number of halogens is 2. The molecule has 9 nitrogen and oxygen atoms in total. The van der Waals surface area contributed by atoms with Crippen LogP contribution >= 0.6 is 0 Å². The molecule has 0 aliphatic heterocycles. The number of anilines is 2. The first-order valence-electron chi connectivity index (χ1n) is 8.92. The third-order valence-electron chi connectivity index (χ3n) is 4.02. The van der Waals surface area contributed by atoms with Gasteiger partial charge in [-0.1, -0.05) is 0 Å². The second-order valence-corrected chi connectivity index (χ2v) is 6.34. The van der Waals surface area contributed by atoms with Gasteiger partial charge >= 0.3 is 0 Å². The molecule has 2 aromatic heterocycles. The minimum atomic E-state index is -0.871. The third-order valence-corrected chi connectivity index (χ3v) is 4.02. The van der Waals surface area contributed by atoms with Crippen LogP contribution < -0.4 is 19.5 Å². The van der Waals surface area contributed by atoms with Gasteiger partial charge in [-0.05, 0) is 6.92 Å². The number of hydrogen-bond acceptors (Lipinski definition) is 8. The number of aliphatic hydroxyl groups is 1. The Bertz CT molecular complexity index is 967. The first-order chi connectivity index (χ1) is 14.4. The van der Waals surface area contributed by atoms with Gasteiger partial charge in [0.05, 0.1) is 56.7 Å². The van der Waals surface area contributed by atoms with Crippen molar-refractivity contribution in [2.24, 2.45) is 0 Å². The van der Waals surface area contributed by atoms with Crippen molar-refractivity contribution >= 4 is 11.6 Å². The van der Waals surface area contributed by atoms with Gasteiger partial charge in [-0.25, -0.2) is 18.7 Å². The fourth-order valence-electron chi connectivity index (χ4n) is 2.60. The van der Waals surface area contributed by atoms with Crippen LogP contribution in [0.4, 0.5) is 20.4 Å². The number of nitrogens with zero attached hydrogens (tertiary/aromatic N) is 4. The van der Waals surface area contributed by atoms with Gasteiger partial charge in [0.15, 0.2) is 28.9 Å². The van der Waals surface area contributed by atoms with Gasteiger partial charge in [0.1, 0.15) is 6.61 Å². The highest BCUT2D eigenvalue weighted by atomic mass is 19.1. The van der Waals surface area contributed by atoms with Crippen molar-refractivity contribution in [1.82, 2.24) is 19.7 Å². The Hall–Kier alpha value is -3.47. The van der Waals surface area contributed by atoms with Gasteiger partial charge in [0.25, 0.3) is 0 Å². The molecule has 0 saturated heterocycles. The monoisotopic (exact) mass is 421 g/mol. The van der Waals surface area contributed by atoms with Crippen LogP contribution in [0.1, 0.15) is 12.5 Å². The highest BCUT2D eigenvalue weighted by Gasteiger charge is 2.20. The zero-order chi connectivity index (χ0) is 21.7. The molecule has 0 amide bonds. The topological polar surface area (TPSA) is 104 Å². The van der Waals surface area contributed by atoms with E-state index in [0.29, 0.717) is 12.2 Å². The van der Waals surface area contributed by atoms with Crippen molar-refractivity contribution in [3.05, 3.63) is 48.1 Å². The molecular weight excluding hydrogens is 400 g/mol. The van der Waals surface area contributed by atoms with Crippen molar-refractivity contribution in [3.63, 3.8) is 0 Å². The summed E-state index contributed by atoms with van der Waals surface area (Å²) in [5.74, 6) is -1.56. The Kier molecular flexibility index (Phi) is 6.62. The first-order valence-corrected chi connectivity index (χ1v) is 8.92. The molecule has 1 atom stereocenters. The second-order valence-electron chi connectivity index (χ2n) is 6.34. The number of rotatable bonds is 9. The Morgan fingerprint density at radius 3 is 2.30 bits per heavy atom. The van der Waals surface area contributed by atoms with E-state index in [1.165, 1.54) is 26.6 Å². The summed E-state index contributed by atoms with van der Waals surface area (Å²) in [6.07, 6.45) is 5.47. The number of nitrogens with one attached hydrogen (secondary N) is 1. The van der Waals surface area contributed by atoms with Crippen LogP contribution in [0.15, 0.2) is 30.9 Å². The number of benzene rings is 1. The molecule has 0 spiro atoms. The molecule has 3 rings (SSSR count). The average Bonchev–Trinajstić information content (AvgIpc) is 3.15. The molecule has 0 fully saturated rings. The largest absolute Gasteiger partial charge is 0.494 e. The number of methoxy groups -OCH3 is 2. The molecule has 3 aromatic rings. The maximum Gasteiger partial charge on any atom is 0.227 e. The van der Waals surface area contributed by atoms with Crippen molar-refractivity contribution < 1.29 is 28.1 Å². The van der Waals surface area contributed by atoms with Gasteiger partial charge in [-0.15, -0.1) is 0 Å². The van der Waals surface area contributed by atoms with Gasteiger partial charge in [-0.2, -0.15) is 5.10 Å². The summed E-state index contributed by atoms with van der Waals surface area (Å²) in [6.45, 7) is 1.61. The molecule has 0 aliphatic rings. The molecule has 11 heteroatoms. The van der Waals surface area contributed by atoms with E-state index in [2.05, 4.69) is 20.4 Å². The highest BCUT2D eigenvalue weighted by Crippen LogP contribution is 2.32. The minimum absolute atomic E-state index is 0.154. The number of aliphatic hydroxyl groups excluding tert-OH is 1. The Morgan fingerprint density at radius 2 is 1.73 bits per heavy atom. The van der Waals surface area contributed by atoms with Crippen molar-refractivity contribution in [1.29, 1.82) is 0 Å². The molecule has 0 bridgehead atoms. The van der Waals surface area contributed by atoms with E-state index < -0.39 is 24.3 Å². The zero-order valence-corrected chi connectivity index (χ0v) is 16.6. The smallest absolute Gasteiger partial charge is 0.227 e. The highest BCUT2D eigenvalue weighted by molar-refractivity contribution is 5.50. The summed E-state index contributed by atoms with van der Waals surface area (Å²) in [4.78, 5) is 8.20. The summed E-state index contributed by atoms with van der Waals surface area (Å²) in [7, 11) is 2.54. The molecule has 0 radical (unpaired) electrons. The SMILES string of the molecule is COc1cc(OC)c(F)c(COc2cnc(Nc3cnn(C[C@@H](C)O)c3)nc2)c1F. The summed E-state index contributed by atoms with van der Waals surface area (Å²) in [5, 5.41) is 16.4. The van der Waals surface area contributed by atoms with E-state index in [4.69, 9.17) is 14.2 Å². The minimum Gasteiger partial charge on any atom is -0.494 e. The van der Waals surface area contributed by atoms with Gasteiger partial charge in [0, 0.05) is 12.3 Å². The van der Waals surface area contributed by atoms with E-state index in [1.807, 2.05) is 0 Å². The lowest BCUT2D eigenvalue weighted by Gasteiger charge is -2.13. The predicted molar refractivity (Wildman–Crippen MR) is 103 cm³/mol. The molecule has 2 heterocycles. The summed E-state index contributed by atoms with van der Waals surface area (Å²) < 4.78 is 45.5. The fraction of sp³-hybridized carbons (Fsp3) is 0.316. The molecular formula is C19H21F2N5O4. The quantitative estimate of drug-likeness (QED) is 0.544. The van der Waals surface area contributed by atoms with E-state index in [-0.39, 0.29) is 28.8 Å². The van der Waals surface area contributed by atoms with E-state index in [0.717, 1.165) is 6.07 Å². The fourth-order valence-corrected chi connectivity index (χ4v) is 2.60. The molecule has 160 valence electrons. The van der Waals surface area contributed by atoms with Crippen LogP contribution in [0.3, 0.4) is 0 Å². The lowest BCUT2D eigenvalue weighted by molar-refractivity contribution is 0.168. The van der Waals surface area contributed by atoms with E-state index >= 15 is 0 Å². The summed E-state index contributed by atoms with van der Waals surface area (Å²) >= 11 is 0. The van der Waals surface area contributed by atoms with Crippen molar-refractivity contribution in [2.75, 3.05) is 19.5 Å². The molecule has 0 aliphatic carbocycles. The predicted octanol–water partition coefficient (Wildman–Crippen LogP) is 2.67. The average molecular weight is 421 g/mol. The maximum absolute atomic E-state index is 14.4. The molecule has 0 saturated carbocycles. The molecule has 2 N–H and O–H groups in total. The first kappa shape index (κ1) is 21.2. The standard InChI is InChI=1S/C19H21F2N5O4/c1-11(27)8-26-9-12(5-24-26)25-19-22-6-13(7-23-19)30-10-14-17(20)15(28-2)4-16(29-3)18(14)21/h4-7,9,11,27H,8,10H2,1-3H3,(H,22,23,25)/t11-/m1/s1. The van der Waals surface area contributed by atoms with Crippen molar-refractivity contribution in [2.45, 2.75) is 26.2 Å². The lowest BCUT2D eigenvalue weighted by atomic mass is 10.1. The summed E-state index contributed by atoms with van der Waals surface area (Å²) in [6, 6.07) is 1.13. The number of hydrogen-bond donors (Lipinski definition) is 2. The van der Waals surface area contributed by atoms with Crippen LogP contribution in [0, 0.1) is 11.6 Å². The summed E-state index contributed by atoms with van der Waals surface area (Å²) in [5.41, 5.74) is 0.302. The molecule has 0 unspecified atom stereocenters. The van der Waals surface area contributed by atoms with Crippen LogP contribution in [-0.2, 0) is 13.2 Å². The zero-order valence-electron chi connectivity index (χ0n) is 16.6. The van der Waals surface area contributed by atoms with Gasteiger partial charge in [-0.3, -0.25) is 4.68 Å². The number of ether oxygens (including phenoxy) is 3. The normalized spacial score (nSPS) is 11.8. The Morgan fingerprint density at radius 1 is 1.10 bits per heavy atom. The van der Waals surface area contributed by atoms with E-state index in [9.17, 15) is 13.9 Å². The van der Waals surface area contributed by atoms with Crippen LogP contribution in [0.2, 0.25) is 0 Å². The molecule has 30 heavy (non-hydrogen) atoms. The van der Waals surface area contributed by atoms with Gasteiger partial charge in [0.2, 0.25) is 5.95 Å². The number of aromatic nitrogens is 4. The van der Waals surface area contributed by atoms with Crippen LogP contribution in [0.25, 0.3) is 0 Å². The van der Waals surface area contributed by atoms with Crippen LogP contribution in [-0.4, -0.2) is 45.2 Å². The molecule has 1 aromatic carbocycles. The lowest BCUT2D eigenvalue weighted by Crippen LogP contribution is -2.11. The maximum atomic E-state index is 14.4. The Labute approximate surface area is 171 Å². The Balaban J connectivity index is 1.66. The van der Waals surface area contributed by atoms with Crippen molar-refractivity contribution in [3.8, 4) is 17.2 Å². The third kappa shape index (κ3) is 4.92. The van der Waals surface area contributed by atoms with Crippen LogP contribution in [0.5, 0.6) is 17.2 Å². The van der Waals surface area contributed by atoms with E-state index in [1.54, 1.807) is 24.0 Å². The second kappa shape index (κ2) is 9.35. The van der Waals surface area contributed by atoms with Gasteiger partial charge < -0.3 is 24.6 Å².